The summed E-state index contributed by atoms with van der Waals surface area (Å²) in [6.45, 7) is 3.12. The number of aliphatic carboxylic acids is 1. The van der Waals surface area contributed by atoms with Crippen LogP contribution in [0.2, 0.25) is 0 Å². The molecule has 0 atom stereocenters. The number of anilines is 1. The maximum absolute atomic E-state index is 11.0. The molecule has 0 aromatic carbocycles. The third-order valence-electron chi connectivity index (χ3n) is 2.42. The largest absolute Gasteiger partial charge is 0.480 e. The minimum absolute atomic E-state index is 0.308. The van der Waals surface area contributed by atoms with Crippen molar-refractivity contribution in [2.24, 2.45) is 0 Å². The Morgan fingerprint density at radius 1 is 1.39 bits per heavy atom. The number of carboxylic acids is 1. The van der Waals surface area contributed by atoms with Crippen LogP contribution < -0.4 is 5.32 Å². The van der Waals surface area contributed by atoms with Crippen molar-refractivity contribution in [3.63, 3.8) is 0 Å². The smallest absolute Gasteiger partial charge is 0.328 e. The lowest BCUT2D eigenvalue weighted by Crippen LogP contribution is -2.40. The van der Waals surface area contributed by atoms with Crippen LogP contribution in [0, 0.1) is 0 Å². The fourth-order valence-electron chi connectivity index (χ4n) is 1.30. The van der Waals surface area contributed by atoms with Gasteiger partial charge >= 0.3 is 5.97 Å². The van der Waals surface area contributed by atoms with Gasteiger partial charge in [0.15, 0.2) is 0 Å². The molecule has 2 rings (SSSR count). The van der Waals surface area contributed by atoms with Crippen LogP contribution in [0.1, 0.15) is 13.8 Å². The standard InChI is InChI=1S/C12H13N3O2S/c1-12(2,10(16)17)15-11-13-6-8(7-14-11)9-4-3-5-18-9/h3-7H,1-2H3,(H,16,17)(H,13,14,15). The zero-order valence-electron chi connectivity index (χ0n) is 10.0. The maximum atomic E-state index is 11.0. The fourth-order valence-corrected chi connectivity index (χ4v) is 2.00. The second-order valence-corrected chi connectivity index (χ2v) is 5.28. The topological polar surface area (TPSA) is 75.1 Å². The molecule has 2 aromatic rings. The van der Waals surface area contributed by atoms with Gasteiger partial charge < -0.3 is 10.4 Å². The van der Waals surface area contributed by atoms with Crippen molar-refractivity contribution in [3.05, 3.63) is 29.9 Å². The SMILES string of the molecule is CC(C)(Nc1ncc(-c2cccs2)cn1)C(=O)O. The van der Waals surface area contributed by atoms with E-state index < -0.39 is 11.5 Å². The number of hydrogen-bond acceptors (Lipinski definition) is 5. The van der Waals surface area contributed by atoms with Gasteiger partial charge in [0.25, 0.3) is 0 Å². The van der Waals surface area contributed by atoms with Crippen LogP contribution in [0.3, 0.4) is 0 Å². The van der Waals surface area contributed by atoms with E-state index in [1.807, 2.05) is 17.5 Å². The first kappa shape index (κ1) is 12.5. The molecule has 0 fully saturated rings. The third-order valence-corrected chi connectivity index (χ3v) is 3.34. The molecule has 0 amide bonds. The molecule has 0 bridgehead atoms. The molecule has 2 N–H and O–H groups in total. The summed E-state index contributed by atoms with van der Waals surface area (Å²) in [5.74, 6) is -0.642. The summed E-state index contributed by atoms with van der Waals surface area (Å²) in [6, 6.07) is 3.94. The Balaban J connectivity index is 2.16. The molecule has 18 heavy (non-hydrogen) atoms. The van der Waals surface area contributed by atoms with Gasteiger partial charge in [-0.25, -0.2) is 14.8 Å². The van der Waals surface area contributed by atoms with Gasteiger partial charge in [0, 0.05) is 22.8 Å². The lowest BCUT2D eigenvalue weighted by Gasteiger charge is -2.20. The molecule has 2 heterocycles. The first-order valence-corrected chi connectivity index (χ1v) is 6.24. The van der Waals surface area contributed by atoms with E-state index in [0.29, 0.717) is 5.95 Å². The molecule has 0 aliphatic heterocycles. The van der Waals surface area contributed by atoms with Gasteiger partial charge in [-0.3, -0.25) is 0 Å². The highest BCUT2D eigenvalue weighted by Crippen LogP contribution is 2.23. The van der Waals surface area contributed by atoms with Crippen molar-refractivity contribution >= 4 is 23.3 Å². The molecular weight excluding hydrogens is 250 g/mol. The number of thiophene rings is 1. The highest BCUT2D eigenvalue weighted by molar-refractivity contribution is 7.13. The first-order chi connectivity index (χ1) is 8.49. The normalized spacial score (nSPS) is 11.2. The van der Waals surface area contributed by atoms with E-state index in [1.54, 1.807) is 37.6 Å². The summed E-state index contributed by atoms with van der Waals surface area (Å²) in [5, 5.41) is 13.7. The van der Waals surface area contributed by atoms with Gasteiger partial charge in [-0.2, -0.15) is 0 Å². The number of rotatable bonds is 4. The van der Waals surface area contributed by atoms with Gasteiger partial charge in [-0.15, -0.1) is 11.3 Å². The zero-order valence-corrected chi connectivity index (χ0v) is 10.9. The Labute approximate surface area is 109 Å². The van der Waals surface area contributed by atoms with E-state index in [1.165, 1.54) is 0 Å². The molecule has 2 aromatic heterocycles. The van der Waals surface area contributed by atoms with Crippen LogP contribution in [0.15, 0.2) is 29.9 Å². The molecular formula is C12H13N3O2S. The van der Waals surface area contributed by atoms with Crippen LogP contribution in [0.4, 0.5) is 5.95 Å². The van der Waals surface area contributed by atoms with E-state index in [-0.39, 0.29) is 0 Å². The van der Waals surface area contributed by atoms with Gasteiger partial charge in [0.05, 0.1) is 0 Å². The monoisotopic (exact) mass is 263 g/mol. The Bertz CT molecular complexity index is 535. The van der Waals surface area contributed by atoms with Gasteiger partial charge in [-0.1, -0.05) is 6.07 Å². The molecule has 0 aliphatic rings. The molecule has 0 aliphatic carbocycles. The van der Waals surface area contributed by atoms with E-state index >= 15 is 0 Å². The quantitative estimate of drug-likeness (QED) is 0.886. The Hall–Kier alpha value is -1.95. The Kier molecular flexibility index (Phi) is 3.29. The minimum atomic E-state index is -1.09. The summed E-state index contributed by atoms with van der Waals surface area (Å²) in [7, 11) is 0. The van der Waals surface area contributed by atoms with Crippen molar-refractivity contribution in [2.75, 3.05) is 5.32 Å². The number of aromatic nitrogens is 2. The second kappa shape index (κ2) is 4.73. The average Bonchev–Trinajstić information content (AvgIpc) is 2.83. The lowest BCUT2D eigenvalue weighted by molar-refractivity contribution is -0.141. The van der Waals surface area contributed by atoms with E-state index in [2.05, 4.69) is 15.3 Å². The molecule has 94 valence electrons. The minimum Gasteiger partial charge on any atom is -0.480 e. The Morgan fingerprint density at radius 2 is 2.06 bits per heavy atom. The number of hydrogen-bond donors (Lipinski definition) is 2. The predicted octanol–water partition coefficient (Wildman–Crippen LogP) is 2.48. The summed E-state index contributed by atoms with van der Waals surface area (Å²) >= 11 is 1.61. The maximum Gasteiger partial charge on any atom is 0.328 e. The first-order valence-electron chi connectivity index (χ1n) is 5.36. The van der Waals surface area contributed by atoms with Crippen molar-refractivity contribution in [2.45, 2.75) is 19.4 Å². The van der Waals surface area contributed by atoms with Gasteiger partial charge in [-0.05, 0) is 25.3 Å². The summed E-state index contributed by atoms with van der Waals surface area (Å²) in [5.41, 5.74) is -0.173. The third kappa shape index (κ3) is 2.65. The summed E-state index contributed by atoms with van der Waals surface area (Å²) < 4.78 is 0. The Morgan fingerprint density at radius 3 is 2.56 bits per heavy atom. The molecule has 0 unspecified atom stereocenters. The van der Waals surface area contributed by atoms with Crippen LogP contribution in [-0.4, -0.2) is 26.6 Å². The van der Waals surface area contributed by atoms with E-state index in [4.69, 9.17) is 5.11 Å². The van der Waals surface area contributed by atoms with Crippen molar-refractivity contribution in [1.82, 2.24) is 9.97 Å². The lowest BCUT2D eigenvalue weighted by atomic mass is 10.1. The van der Waals surface area contributed by atoms with Crippen molar-refractivity contribution < 1.29 is 9.90 Å². The molecule has 0 saturated carbocycles. The predicted molar refractivity (Wildman–Crippen MR) is 70.7 cm³/mol. The van der Waals surface area contributed by atoms with Crippen molar-refractivity contribution in [3.8, 4) is 10.4 Å². The van der Waals surface area contributed by atoms with Gasteiger partial charge in [0.1, 0.15) is 5.54 Å². The molecule has 0 saturated heterocycles. The van der Waals surface area contributed by atoms with E-state index in [9.17, 15) is 4.79 Å². The second-order valence-electron chi connectivity index (χ2n) is 4.33. The molecule has 0 radical (unpaired) electrons. The summed E-state index contributed by atoms with van der Waals surface area (Å²) in [6.07, 6.45) is 3.36. The highest BCUT2D eigenvalue weighted by atomic mass is 32.1. The number of carboxylic acid groups (broad SMARTS) is 1. The van der Waals surface area contributed by atoms with Crippen molar-refractivity contribution in [1.29, 1.82) is 0 Å². The average molecular weight is 263 g/mol. The molecule has 0 spiro atoms. The van der Waals surface area contributed by atoms with Crippen LogP contribution in [0.5, 0.6) is 0 Å². The summed E-state index contributed by atoms with van der Waals surface area (Å²) in [4.78, 5) is 20.3. The number of nitrogens with one attached hydrogen (secondary N) is 1. The highest BCUT2D eigenvalue weighted by Gasteiger charge is 2.27. The fraction of sp³-hybridized carbons (Fsp3) is 0.250. The van der Waals surface area contributed by atoms with Crippen LogP contribution in [0.25, 0.3) is 10.4 Å². The van der Waals surface area contributed by atoms with Crippen LogP contribution in [-0.2, 0) is 4.79 Å². The van der Waals surface area contributed by atoms with Gasteiger partial charge in [0.2, 0.25) is 5.95 Å². The van der Waals surface area contributed by atoms with E-state index in [0.717, 1.165) is 10.4 Å². The van der Waals surface area contributed by atoms with Crippen LogP contribution >= 0.6 is 11.3 Å². The molecule has 6 heteroatoms. The zero-order chi connectivity index (χ0) is 13.2. The number of nitrogens with zero attached hydrogens (tertiary/aromatic N) is 2. The number of carbonyl (C=O) groups is 1. The molecule has 5 nitrogen and oxygen atoms in total.